The van der Waals surface area contributed by atoms with Crippen LogP contribution < -0.4 is 10.2 Å². The van der Waals surface area contributed by atoms with E-state index in [2.05, 4.69) is 34.3 Å². The third-order valence-electron chi connectivity index (χ3n) is 4.93. The molecule has 1 aliphatic carbocycles. The fourth-order valence-electron chi connectivity index (χ4n) is 3.55. The van der Waals surface area contributed by atoms with Crippen LogP contribution in [0.2, 0.25) is 0 Å². The number of aliphatic hydroxyl groups excluding tert-OH is 1. The summed E-state index contributed by atoms with van der Waals surface area (Å²) in [6.45, 7) is 5.12. The molecule has 0 radical (unpaired) electrons. The van der Waals surface area contributed by atoms with Crippen LogP contribution in [0, 0.1) is 0 Å². The van der Waals surface area contributed by atoms with Crippen molar-refractivity contribution in [2.24, 2.45) is 0 Å². The lowest BCUT2D eigenvalue weighted by molar-refractivity contribution is 0.122. The van der Waals surface area contributed by atoms with Crippen LogP contribution in [0.25, 0.3) is 0 Å². The van der Waals surface area contributed by atoms with Gasteiger partial charge in [0.15, 0.2) is 0 Å². The lowest BCUT2D eigenvalue weighted by Crippen LogP contribution is -2.37. The lowest BCUT2D eigenvalue weighted by Gasteiger charge is -2.28. The molecule has 0 bridgehead atoms. The van der Waals surface area contributed by atoms with E-state index in [4.69, 9.17) is 9.72 Å². The van der Waals surface area contributed by atoms with Gasteiger partial charge in [-0.3, -0.25) is 0 Å². The standard InChI is InChI=1S/C19H24N4O2/c1-2-14-12-17(22-19(20-14)23-7-9-25-10-8-23)21-18-15-6-4-3-5-13(15)11-16(18)24/h3-6,12,16,18,24H,2,7-11H2,1H3,(H,20,21,22)/t16-,18-/m1/s1. The van der Waals surface area contributed by atoms with Crippen LogP contribution in [0.15, 0.2) is 30.3 Å². The Balaban J connectivity index is 1.61. The molecule has 0 spiro atoms. The second kappa shape index (κ2) is 6.98. The van der Waals surface area contributed by atoms with E-state index in [1.54, 1.807) is 0 Å². The third-order valence-corrected chi connectivity index (χ3v) is 4.93. The Bertz CT molecular complexity index is 746. The van der Waals surface area contributed by atoms with Gasteiger partial charge in [0.1, 0.15) is 5.82 Å². The molecule has 0 saturated carbocycles. The van der Waals surface area contributed by atoms with Crippen molar-refractivity contribution in [2.45, 2.75) is 31.9 Å². The Morgan fingerprint density at radius 2 is 2.04 bits per heavy atom. The molecule has 2 aromatic rings. The van der Waals surface area contributed by atoms with Gasteiger partial charge in [-0.05, 0) is 17.5 Å². The molecule has 132 valence electrons. The minimum Gasteiger partial charge on any atom is -0.390 e. The third kappa shape index (κ3) is 3.32. The van der Waals surface area contributed by atoms with Crippen molar-refractivity contribution in [3.8, 4) is 0 Å². The number of nitrogens with one attached hydrogen (secondary N) is 1. The molecular formula is C19H24N4O2. The van der Waals surface area contributed by atoms with Gasteiger partial charge in [-0.2, -0.15) is 4.98 Å². The molecule has 2 heterocycles. The smallest absolute Gasteiger partial charge is 0.227 e. The summed E-state index contributed by atoms with van der Waals surface area (Å²) in [5.41, 5.74) is 3.35. The van der Waals surface area contributed by atoms with E-state index >= 15 is 0 Å². The number of hydrogen-bond donors (Lipinski definition) is 2. The molecule has 1 aromatic carbocycles. The van der Waals surface area contributed by atoms with Gasteiger partial charge in [0.25, 0.3) is 0 Å². The summed E-state index contributed by atoms with van der Waals surface area (Å²) in [5, 5.41) is 13.9. The number of hydrogen-bond acceptors (Lipinski definition) is 6. The van der Waals surface area contributed by atoms with E-state index in [1.165, 1.54) is 5.56 Å². The van der Waals surface area contributed by atoms with E-state index in [9.17, 15) is 5.11 Å². The normalized spacial score (nSPS) is 22.7. The van der Waals surface area contributed by atoms with Gasteiger partial charge in [-0.1, -0.05) is 31.2 Å². The number of ether oxygens (including phenoxy) is 1. The number of fused-ring (bicyclic) bond motifs is 1. The van der Waals surface area contributed by atoms with Crippen molar-refractivity contribution in [1.82, 2.24) is 9.97 Å². The van der Waals surface area contributed by atoms with Crippen molar-refractivity contribution < 1.29 is 9.84 Å². The maximum atomic E-state index is 10.5. The highest BCUT2D eigenvalue weighted by molar-refractivity contribution is 5.49. The largest absolute Gasteiger partial charge is 0.390 e. The molecule has 0 amide bonds. The quantitative estimate of drug-likeness (QED) is 0.886. The van der Waals surface area contributed by atoms with Crippen molar-refractivity contribution in [1.29, 1.82) is 0 Å². The summed E-state index contributed by atoms with van der Waals surface area (Å²) in [5.74, 6) is 1.51. The van der Waals surface area contributed by atoms with E-state index in [0.717, 1.165) is 42.5 Å². The van der Waals surface area contributed by atoms with Crippen LogP contribution >= 0.6 is 0 Å². The zero-order valence-corrected chi connectivity index (χ0v) is 14.5. The summed E-state index contributed by atoms with van der Waals surface area (Å²) in [6.07, 6.45) is 1.08. The monoisotopic (exact) mass is 340 g/mol. The first-order valence-corrected chi connectivity index (χ1v) is 8.97. The van der Waals surface area contributed by atoms with E-state index in [1.807, 2.05) is 18.2 Å². The second-order valence-corrected chi connectivity index (χ2v) is 6.59. The summed E-state index contributed by atoms with van der Waals surface area (Å²) >= 11 is 0. The number of anilines is 2. The second-order valence-electron chi connectivity index (χ2n) is 6.59. The Labute approximate surface area is 147 Å². The first kappa shape index (κ1) is 16.3. The number of aryl methyl sites for hydroxylation is 1. The first-order valence-electron chi connectivity index (χ1n) is 8.97. The minimum absolute atomic E-state index is 0.131. The predicted octanol–water partition coefficient (Wildman–Crippen LogP) is 1.95. The molecule has 6 heteroatoms. The molecular weight excluding hydrogens is 316 g/mol. The fraction of sp³-hybridized carbons (Fsp3) is 0.474. The molecule has 0 unspecified atom stereocenters. The van der Waals surface area contributed by atoms with Gasteiger partial charge >= 0.3 is 0 Å². The van der Waals surface area contributed by atoms with Crippen molar-refractivity contribution in [2.75, 3.05) is 36.5 Å². The number of rotatable bonds is 4. The maximum absolute atomic E-state index is 10.5. The molecule has 1 aromatic heterocycles. The average Bonchev–Trinajstić information content (AvgIpc) is 2.97. The van der Waals surface area contributed by atoms with Gasteiger partial charge in [-0.25, -0.2) is 4.98 Å². The van der Waals surface area contributed by atoms with Crippen LogP contribution in [0.3, 0.4) is 0 Å². The van der Waals surface area contributed by atoms with Crippen LogP contribution in [0.4, 0.5) is 11.8 Å². The predicted molar refractivity (Wildman–Crippen MR) is 97.0 cm³/mol. The Morgan fingerprint density at radius 3 is 2.84 bits per heavy atom. The van der Waals surface area contributed by atoms with Gasteiger partial charge in [0, 0.05) is 31.3 Å². The number of benzene rings is 1. The summed E-state index contributed by atoms with van der Waals surface area (Å²) in [6, 6.07) is 10.0. The van der Waals surface area contributed by atoms with Crippen LogP contribution in [0.1, 0.15) is 29.8 Å². The average molecular weight is 340 g/mol. The molecule has 1 saturated heterocycles. The van der Waals surface area contributed by atoms with Gasteiger partial charge < -0.3 is 20.1 Å². The molecule has 1 fully saturated rings. The molecule has 1 aliphatic heterocycles. The van der Waals surface area contributed by atoms with Crippen molar-refractivity contribution >= 4 is 11.8 Å². The SMILES string of the molecule is CCc1cc(N[C@@H]2c3ccccc3C[C@H]2O)nc(N2CCOCC2)n1. The maximum Gasteiger partial charge on any atom is 0.227 e. The summed E-state index contributed by atoms with van der Waals surface area (Å²) < 4.78 is 5.42. The molecule has 2 aliphatic rings. The number of aliphatic hydroxyl groups is 1. The number of nitrogens with zero attached hydrogens (tertiary/aromatic N) is 3. The molecule has 2 atom stereocenters. The lowest BCUT2D eigenvalue weighted by atomic mass is 10.1. The van der Waals surface area contributed by atoms with Crippen LogP contribution in [-0.2, 0) is 17.6 Å². The Kier molecular flexibility index (Phi) is 4.55. The van der Waals surface area contributed by atoms with E-state index < -0.39 is 6.10 Å². The highest BCUT2D eigenvalue weighted by atomic mass is 16.5. The highest BCUT2D eigenvalue weighted by Crippen LogP contribution is 2.34. The first-order chi connectivity index (χ1) is 12.2. The van der Waals surface area contributed by atoms with Crippen LogP contribution in [-0.4, -0.2) is 47.5 Å². The Hall–Kier alpha value is -2.18. The van der Waals surface area contributed by atoms with Crippen molar-refractivity contribution in [3.05, 3.63) is 47.2 Å². The Morgan fingerprint density at radius 1 is 1.24 bits per heavy atom. The molecule has 2 N–H and O–H groups in total. The molecule has 6 nitrogen and oxygen atoms in total. The minimum atomic E-state index is -0.440. The van der Waals surface area contributed by atoms with Gasteiger partial charge in [-0.15, -0.1) is 0 Å². The number of aromatic nitrogens is 2. The van der Waals surface area contributed by atoms with E-state index in [-0.39, 0.29) is 6.04 Å². The zero-order valence-electron chi connectivity index (χ0n) is 14.5. The van der Waals surface area contributed by atoms with Gasteiger partial charge in [0.2, 0.25) is 5.95 Å². The van der Waals surface area contributed by atoms with Gasteiger partial charge in [0.05, 0.1) is 25.4 Å². The topological polar surface area (TPSA) is 70.5 Å². The van der Waals surface area contributed by atoms with Crippen LogP contribution in [0.5, 0.6) is 0 Å². The summed E-state index contributed by atoms with van der Waals surface area (Å²) in [7, 11) is 0. The summed E-state index contributed by atoms with van der Waals surface area (Å²) in [4.78, 5) is 11.5. The highest BCUT2D eigenvalue weighted by Gasteiger charge is 2.31. The zero-order chi connectivity index (χ0) is 17.2. The fourth-order valence-corrected chi connectivity index (χ4v) is 3.55. The number of morpholine rings is 1. The van der Waals surface area contributed by atoms with E-state index in [0.29, 0.717) is 19.6 Å². The van der Waals surface area contributed by atoms with Crippen molar-refractivity contribution in [3.63, 3.8) is 0 Å². The molecule has 25 heavy (non-hydrogen) atoms. The molecule has 4 rings (SSSR count).